The maximum absolute atomic E-state index is 13.5. The molecule has 1 amide bonds. The normalized spacial score (nSPS) is 11.7. The average Bonchev–Trinajstić information content (AvgIpc) is 3.23. The zero-order chi connectivity index (χ0) is 26.2. The monoisotopic (exact) mass is 544 g/mol. The first kappa shape index (κ1) is 24.7. The average molecular weight is 545 g/mol. The molecule has 0 saturated carbocycles. The fourth-order valence-electron chi connectivity index (χ4n) is 3.72. The number of benzene rings is 3. The van der Waals surface area contributed by atoms with Gasteiger partial charge in [-0.1, -0.05) is 41.6 Å². The first-order chi connectivity index (χ1) is 17.7. The molecule has 188 valence electrons. The van der Waals surface area contributed by atoms with Crippen LogP contribution in [0.2, 0.25) is 5.02 Å². The number of hydrogen-bond acceptors (Lipinski definition) is 5. The molecular weight excluding hydrogens is 529 g/mol. The van der Waals surface area contributed by atoms with Crippen LogP contribution in [0.15, 0.2) is 82.7 Å². The summed E-state index contributed by atoms with van der Waals surface area (Å²) < 4.78 is 42.3. The van der Waals surface area contributed by atoms with Gasteiger partial charge < -0.3 is 15.0 Å². The van der Waals surface area contributed by atoms with Crippen LogP contribution in [0.1, 0.15) is 0 Å². The van der Waals surface area contributed by atoms with Crippen molar-refractivity contribution in [3.63, 3.8) is 0 Å². The van der Waals surface area contributed by atoms with E-state index in [9.17, 15) is 22.8 Å². The predicted molar refractivity (Wildman–Crippen MR) is 137 cm³/mol. The minimum absolute atomic E-state index is 0.116. The number of thioether (sulfide) groups is 1. The van der Waals surface area contributed by atoms with E-state index < -0.39 is 18.0 Å². The van der Waals surface area contributed by atoms with Gasteiger partial charge in [0, 0.05) is 21.6 Å². The van der Waals surface area contributed by atoms with Gasteiger partial charge in [0.25, 0.3) is 5.56 Å². The summed E-state index contributed by atoms with van der Waals surface area (Å²) >= 11 is 7.06. The fourth-order valence-corrected chi connectivity index (χ4v) is 4.66. The first-order valence-corrected chi connectivity index (χ1v) is 12.1. The summed E-state index contributed by atoms with van der Waals surface area (Å²) in [6.45, 7) is 0. The number of H-pyrrole nitrogens is 1. The van der Waals surface area contributed by atoms with Gasteiger partial charge in [-0.2, -0.15) is 0 Å². The van der Waals surface area contributed by atoms with Crippen LogP contribution in [0.4, 0.5) is 18.9 Å². The standard InChI is InChI=1S/C25H16ClF3N4O3S/c26-14-5-9-16(10-6-14)33-23(35)22-21(18-3-1-2-4-19(18)31-22)32-24(33)37-13-20(34)30-15-7-11-17(12-8-15)36-25(27,28)29/h1-12,31H,13H2,(H,30,34). The number of fused-ring (bicyclic) bond motifs is 3. The van der Waals surface area contributed by atoms with E-state index in [0.717, 1.165) is 34.8 Å². The second kappa shape index (κ2) is 9.83. The number of para-hydroxylation sites is 1. The minimum atomic E-state index is -4.81. The van der Waals surface area contributed by atoms with Gasteiger partial charge in [0.15, 0.2) is 5.16 Å². The van der Waals surface area contributed by atoms with Crippen LogP contribution in [0.5, 0.6) is 5.75 Å². The third kappa shape index (κ3) is 5.42. The number of amides is 1. The van der Waals surface area contributed by atoms with E-state index in [0.29, 0.717) is 21.7 Å². The number of rotatable bonds is 6. The summed E-state index contributed by atoms with van der Waals surface area (Å²) in [5.74, 6) is -0.956. The van der Waals surface area contributed by atoms with Crippen molar-refractivity contribution in [3.05, 3.63) is 88.2 Å². The Labute approximate surface area is 216 Å². The molecule has 12 heteroatoms. The summed E-state index contributed by atoms with van der Waals surface area (Å²) in [5.41, 5.74) is 2.02. The van der Waals surface area contributed by atoms with E-state index in [2.05, 4.69) is 15.0 Å². The predicted octanol–water partition coefficient (Wildman–Crippen LogP) is 6.15. The smallest absolute Gasteiger partial charge is 0.406 e. The molecule has 5 aromatic rings. The van der Waals surface area contributed by atoms with Gasteiger partial charge in [-0.25, -0.2) is 4.98 Å². The SMILES string of the molecule is O=C(CSc1nc2c([nH]c3ccccc32)c(=O)n1-c1ccc(Cl)cc1)Nc1ccc(OC(F)(F)F)cc1. The van der Waals surface area contributed by atoms with E-state index in [1.54, 1.807) is 24.3 Å². The summed E-state index contributed by atoms with van der Waals surface area (Å²) in [7, 11) is 0. The number of nitrogens with zero attached hydrogens (tertiary/aromatic N) is 2. The molecule has 2 N–H and O–H groups in total. The second-order valence-electron chi connectivity index (χ2n) is 7.81. The molecule has 0 radical (unpaired) electrons. The number of anilines is 1. The molecule has 0 unspecified atom stereocenters. The molecular formula is C25H16ClF3N4O3S. The van der Waals surface area contributed by atoms with Crippen LogP contribution in [-0.4, -0.2) is 32.6 Å². The lowest BCUT2D eigenvalue weighted by Gasteiger charge is -2.13. The number of nitrogens with one attached hydrogen (secondary N) is 2. The minimum Gasteiger partial charge on any atom is -0.406 e. The van der Waals surface area contributed by atoms with Gasteiger partial charge in [0.1, 0.15) is 16.8 Å². The van der Waals surface area contributed by atoms with Crippen molar-refractivity contribution in [2.24, 2.45) is 0 Å². The zero-order valence-corrected chi connectivity index (χ0v) is 20.2. The lowest BCUT2D eigenvalue weighted by molar-refractivity contribution is -0.274. The number of halogens is 4. The maximum atomic E-state index is 13.5. The topological polar surface area (TPSA) is 89.0 Å². The molecule has 0 aliphatic heterocycles. The molecule has 7 nitrogen and oxygen atoms in total. The Hall–Kier alpha value is -3.96. The van der Waals surface area contributed by atoms with Crippen molar-refractivity contribution >= 4 is 56.9 Å². The summed E-state index contributed by atoms with van der Waals surface area (Å²) in [6.07, 6.45) is -4.81. The van der Waals surface area contributed by atoms with Gasteiger partial charge in [-0.05, 0) is 54.6 Å². The molecule has 37 heavy (non-hydrogen) atoms. The molecule has 2 aromatic heterocycles. The summed E-state index contributed by atoms with van der Waals surface area (Å²) in [4.78, 5) is 34.0. The molecule has 0 fully saturated rings. The summed E-state index contributed by atoms with van der Waals surface area (Å²) in [5, 5.41) is 4.16. The molecule has 2 heterocycles. The molecule has 0 aliphatic carbocycles. The number of hydrogen-bond donors (Lipinski definition) is 2. The molecule has 5 rings (SSSR count). The molecule has 0 spiro atoms. The Morgan fingerprint density at radius 3 is 2.46 bits per heavy atom. The first-order valence-electron chi connectivity index (χ1n) is 10.8. The lowest BCUT2D eigenvalue weighted by atomic mass is 10.2. The van der Waals surface area contributed by atoms with Crippen molar-refractivity contribution in [2.45, 2.75) is 11.5 Å². The Morgan fingerprint density at radius 1 is 1.05 bits per heavy atom. The van der Waals surface area contributed by atoms with Crippen molar-refractivity contribution in [3.8, 4) is 11.4 Å². The number of carbonyl (C=O) groups is 1. The lowest BCUT2D eigenvalue weighted by Crippen LogP contribution is -2.23. The third-order valence-corrected chi connectivity index (χ3v) is 6.47. The van der Waals surface area contributed by atoms with Crippen LogP contribution in [-0.2, 0) is 4.79 Å². The van der Waals surface area contributed by atoms with E-state index in [1.165, 1.54) is 16.7 Å². The molecule has 0 aliphatic rings. The largest absolute Gasteiger partial charge is 0.573 e. The highest BCUT2D eigenvalue weighted by atomic mass is 35.5. The Bertz CT molecular complexity index is 1670. The van der Waals surface area contributed by atoms with Crippen molar-refractivity contribution in [1.82, 2.24) is 14.5 Å². The van der Waals surface area contributed by atoms with Crippen LogP contribution in [0, 0.1) is 0 Å². The zero-order valence-electron chi connectivity index (χ0n) is 18.7. The van der Waals surface area contributed by atoms with E-state index in [1.807, 2.05) is 24.3 Å². The number of aromatic amines is 1. The summed E-state index contributed by atoms with van der Waals surface area (Å²) in [6, 6.07) is 18.8. The van der Waals surface area contributed by atoms with Crippen LogP contribution >= 0.6 is 23.4 Å². The van der Waals surface area contributed by atoms with Gasteiger partial charge in [0.05, 0.1) is 11.4 Å². The van der Waals surface area contributed by atoms with Crippen molar-refractivity contribution in [2.75, 3.05) is 11.1 Å². The van der Waals surface area contributed by atoms with Crippen molar-refractivity contribution < 1.29 is 22.7 Å². The quantitative estimate of drug-likeness (QED) is 0.198. The fraction of sp³-hybridized carbons (Fsp3) is 0.0800. The highest BCUT2D eigenvalue weighted by molar-refractivity contribution is 7.99. The highest BCUT2D eigenvalue weighted by Gasteiger charge is 2.31. The Morgan fingerprint density at radius 2 is 1.76 bits per heavy atom. The molecule has 0 bridgehead atoms. The van der Waals surface area contributed by atoms with Crippen LogP contribution in [0.3, 0.4) is 0 Å². The molecule has 3 aromatic carbocycles. The molecule has 0 atom stereocenters. The second-order valence-corrected chi connectivity index (χ2v) is 9.19. The van der Waals surface area contributed by atoms with Gasteiger partial charge in [-0.3, -0.25) is 14.2 Å². The van der Waals surface area contributed by atoms with Gasteiger partial charge in [0.2, 0.25) is 5.91 Å². The van der Waals surface area contributed by atoms with Gasteiger partial charge >= 0.3 is 6.36 Å². The van der Waals surface area contributed by atoms with E-state index >= 15 is 0 Å². The van der Waals surface area contributed by atoms with E-state index in [-0.39, 0.29) is 22.2 Å². The number of carbonyl (C=O) groups excluding carboxylic acids is 1. The van der Waals surface area contributed by atoms with Crippen LogP contribution < -0.4 is 15.6 Å². The van der Waals surface area contributed by atoms with Gasteiger partial charge in [-0.15, -0.1) is 13.2 Å². The number of aromatic nitrogens is 3. The number of ether oxygens (including phenoxy) is 1. The number of alkyl halides is 3. The maximum Gasteiger partial charge on any atom is 0.573 e. The Kier molecular flexibility index (Phi) is 6.57. The van der Waals surface area contributed by atoms with Crippen LogP contribution in [0.25, 0.3) is 27.6 Å². The highest BCUT2D eigenvalue weighted by Crippen LogP contribution is 2.27. The Balaban J connectivity index is 1.43. The molecule has 0 saturated heterocycles. The van der Waals surface area contributed by atoms with E-state index in [4.69, 9.17) is 16.6 Å². The third-order valence-electron chi connectivity index (χ3n) is 5.28. The van der Waals surface area contributed by atoms with Crippen molar-refractivity contribution in [1.29, 1.82) is 0 Å².